The molecule has 1 atom stereocenters. The molecule has 0 aliphatic carbocycles. The van der Waals surface area contributed by atoms with E-state index in [2.05, 4.69) is 21.2 Å². The molecule has 0 amide bonds. The zero-order valence-corrected chi connectivity index (χ0v) is 9.41. The van der Waals surface area contributed by atoms with Gasteiger partial charge in [0.05, 0.1) is 0 Å². The first-order valence-corrected chi connectivity index (χ1v) is 5.09. The lowest BCUT2D eigenvalue weighted by atomic mass is 10.2. The summed E-state index contributed by atoms with van der Waals surface area (Å²) >= 11 is 3.33. The van der Waals surface area contributed by atoms with Crippen molar-refractivity contribution in [1.29, 1.82) is 0 Å². The van der Waals surface area contributed by atoms with Crippen molar-refractivity contribution in [2.75, 3.05) is 0 Å². The second-order valence-corrected chi connectivity index (χ2v) is 3.98. The molecule has 1 unspecified atom stereocenters. The SMILES string of the molecule is CC(NCc1ccc(Br)cc1)C(=O)O. The fourth-order valence-corrected chi connectivity index (χ4v) is 1.22. The van der Waals surface area contributed by atoms with Crippen LogP contribution in [-0.4, -0.2) is 17.1 Å². The second kappa shape index (κ2) is 5.12. The third-order valence-corrected chi connectivity index (χ3v) is 2.42. The fraction of sp³-hybridized carbons (Fsp3) is 0.300. The third-order valence-electron chi connectivity index (χ3n) is 1.90. The number of aliphatic carboxylic acids is 1. The molecule has 76 valence electrons. The van der Waals surface area contributed by atoms with E-state index in [9.17, 15) is 4.79 Å². The zero-order valence-electron chi connectivity index (χ0n) is 7.83. The smallest absolute Gasteiger partial charge is 0.320 e. The minimum Gasteiger partial charge on any atom is -0.480 e. The highest BCUT2D eigenvalue weighted by molar-refractivity contribution is 9.10. The van der Waals surface area contributed by atoms with Gasteiger partial charge >= 0.3 is 5.97 Å². The van der Waals surface area contributed by atoms with Crippen LogP contribution >= 0.6 is 15.9 Å². The third kappa shape index (κ3) is 3.47. The van der Waals surface area contributed by atoms with E-state index in [-0.39, 0.29) is 0 Å². The number of carbonyl (C=O) groups is 1. The molecular weight excluding hydrogens is 246 g/mol. The van der Waals surface area contributed by atoms with Gasteiger partial charge in [-0.15, -0.1) is 0 Å². The quantitative estimate of drug-likeness (QED) is 0.868. The number of carboxylic acid groups (broad SMARTS) is 1. The standard InChI is InChI=1S/C10H12BrNO2/c1-7(10(13)14)12-6-8-2-4-9(11)5-3-8/h2-5,7,12H,6H2,1H3,(H,13,14). The Labute approximate surface area is 91.3 Å². The van der Waals surface area contributed by atoms with E-state index in [4.69, 9.17) is 5.11 Å². The van der Waals surface area contributed by atoms with Crippen molar-refractivity contribution in [3.8, 4) is 0 Å². The van der Waals surface area contributed by atoms with E-state index in [1.54, 1.807) is 6.92 Å². The zero-order chi connectivity index (χ0) is 10.6. The molecule has 2 N–H and O–H groups in total. The summed E-state index contributed by atoms with van der Waals surface area (Å²) in [7, 11) is 0. The first-order valence-electron chi connectivity index (χ1n) is 4.30. The molecule has 3 nitrogen and oxygen atoms in total. The van der Waals surface area contributed by atoms with E-state index in [1.807, 2.05) is 24.3 Å². The first-order chi connectivity index (χ1) is 6.59. The molecule has 0 aromatic heterocycles. The predicted octanol–water partition coefficient (Wildman–Crippen LogP) is 2.01. The Morgan fingerprint density at radius 3 is 2.57 bits per heavy atom. The summed E-state index contributed by atoms with van der Waals surface area (Å²) in [4.78, 5) is 10.5. The average molecular weight is 258 g/mol. The van der Waals surface area contributed by atoms with Crippen LogP contribution in [0.4, 0.5) is 0 Å². The average Bonchev–Trinajstić information content (AvgIpc) is 2.16. The van der Waals surface area contributed by atoms with Crippen molar-refractivity contribution in [1.82, 2.24) is 5.32 Å². The van der Waals surface area contributed by atoms with Crippen molar-refractivity contribution >= 4 is 21.9 Å². The highest BCUT2D eigenvalue weighted by Crippen LogP contribution is 2.10. The molecule has 0 spiro atoms. The molecule has 0 aliphatic rings. The van der Waals surface area contributed by atoms with Crippen LogP contribution in [-0.2, 0) is 11.3 Å². The van der Waals surface area contributed by atoms with Crippen molar-refractivity contribution < 1.29 is 9.90 Å². The van der Waals surface area contributed by atoms with Gasteiger partial charge in [0.25, 0.3) is 0 Å². The molecule has 0 aliphatic heterocycles. The molecular formula is C10H12BrNO2. The Morgan fingerprint density at radius 1 is 1.50 bits per heavy atom. The summed E-state index contributed by atoms with van der Waals surface area (Å²) in [6.45, 7) is 2.20. The van der Waals surface area contributed by atoms with Crippen LogP contribution in [0.2, 0.25) is 0 Å². The molecule has 1 aromatic rings. The van der Waals surface area contributed by atoms with Gasteiger partial charge in [0, 0.05) is 11.0 Å². The van der Waals surface area contributed by atoms with Crippen LogP contribution < -0.4 is 5.32 Å². The summed E-state index contributed by atoms with van der Waals surface area (Å²) in [6, 6.07) is 7.25. The largest absolute Gasteiger partial charge is 0.480 e. The van der Waals surface area contributed by atoms with Crippen molar-refractivity contribution in [3.05, 3.63) is 34.3 Å². The number of benzene rings is 1. The molecule has 4 heteroatoms. The fourth-order valence-electron chi connectivity index (χ4n) is 0.961. The topological polar surface area (TPSA) is 49.3 Å². The Kier molecular flexibility index (Phi) is 4.10. The van der Waals surface area contributed by atoms with E-state index in [0.29, 0.717) is 6.54 Å². The summed E-state index contributed by atoms with van der Waals surface area (Å²) in [6.07, 6.45) is 0. The Hall–Kier alpha value is -0.870. The highest BCUT2D eigenvalue weighted by atomic mass is 79.9. The molecule has 0 heterocycles. The number of carboxylic acids is 1. The lowest BCUT2D eigenvalue weighted by Crippen LogP contribution is -2.33. The highest BCUT2D eigenvalue weighted by Gasteiger charge is 2.08. The molecule has 1 aromatic carbocycles. The van der Waals surface area contributed by atoms with Crippen LogP contribution in [0.15, 0.2) is 28.7 Å². The minimum absolute atomic E-state index is 0.515. The Bertz CT molecular complexity index is 310. The first kappa shape index (κ1) is 11.2. The van der Waals surface area contributed by atoms with Gasteiger partial charge in [-0.05, 0) is 24.6 Å². The van der Waals surface area contributed by atoms with Crippen LogP contribution in [0.3, 0.4) is 0 Å². The number of hydrogen-bond acceptors (Lipinski definition) is 2. The van der Waals surface area contributed by atoms with E-state index < -0.39 is 12.0 Å². The maximum atomic E-state index is 10.5. The minimum atomic E-state index is -0.831. The molecule has 1 rings (SSSR count). The number of nitrogens with one attached hydrogen (secondary N) is 1. The molecule has 0 saturated carbocycles. The van der Waals surface area contributed by atoms with Crippen molar-refractivity contribution in [2.45, 2.75) is 19.5 Å². The lowest BCUT2D eigenvalue weighted by molar-refractivity contribution is -0.139. The number of rotatable bonds is 4. The van der Waals surface area contributed by atoms with E-state index in [1.165, 1.54) is 0 Å². The van der Waals surface area contributed by atoms with Gasteiger partial charge in [-0.25, -0.2) is 0 Å². The van der Waals surface area contributed by atoms with Gasteiger partial charge in [-0.1, -0.05) is 28.1 Å². The molecule has 0 radical (unpaired) electrons. The summed E-state index contributed by atoms with van der Waals surface area (Å²) in [5.41, 5.74) is 1.07. The van der Waals surface area contributed by atoms with Crippen LogP contribution in [0.5, 0.6) is 0 Å². The van der Waals surface area contributed by atoms with Gasteiger partial charge in [-0.3, -0.25) is 4.79 Å². The number of halogens is 1. The summed E-state index contributed by atoms with van der Waals surface area (Å²) < 4.78 is 1.02. The van der Waals surface area contributed by atoms with Crippen LogP contribution in [0.25, 0.3) is 0 Å². The molecule has 0 bridgehead atoms. The van der Waals surface area contributed by atoms with Crippen LogP contribution in [0, 0.1) is 0 Å². The maximum absolute atomic E-state index is 10.5. The lowest BCUT2D eigenvalue weighted by Gasteiger charge is -2.08. The van der Waals surface area contributed by atoms with Gasteiger partial charge in [0.2, 0.25) is 0 Å². The van der Waals surface area contributed by atoms with Gasteiger partial charge in [0.15, 0.2) is 0 Å². The molecule has 0 fully saturated rings. The maximum Gasteiger partial charge on any atom is 0.320 e. The van der Waals surface area contributed by atoms with Crippen molar-refractivity contribution in [2.24, 2.45) is 0 Å². The monoisotopic (exact) mass is 257 g/mol. The summed E-state index contributed by atoms with van der Waals surface area (Å²) in [5.74, 6) is -0.831. The van der Waals surface area contributed by atoms with Gasteiger partial charge < -0.3 is 10.4 Å². The normalized spacial score (nSPS) is 12.4. The molecule has 14 heavy (non-hydrogen) atoms. The van der Waals surface area contributed by atoms with Crippen molar-refractivity contribution in [3.63, 3.8) is 0 Å². The van der Waals surface area contributed by atoms with Crippen LogP contribution in [0.1, 0.15) is 12.5 Å². The Balaban J connectivity index is 2.46. The predicted molar refractivity (Wildman–Crippen MR) is 58.1 cm³/mol. The van der Waals surface area contributed by atoms with Gasteiger partial charge in [0.1, 0.15) is 6.04 Å². The molecule has 0 saturated heterocycles. The summed E-state index contributed by atoms with van der Waals surface area (Å²) in [5, 5.41) is 11.5. The number of hydrogen-bond donors (Lipinski definition) is 2. The second-order valence-electron chi connectivity index (χ2n) is 3.07. The van der Waals surface area contributed by atoms with E-state index >= 15 is 0 Å². The Morgan fingerprint density at radius 2 is 2.07 bits per heavy atom. The van der Waals surface area contributed by atoms with E-state index in [0.717, 1.165) is 10.0 Å². The van der Waals surface area contributed by atoms with Gasteiger partial charge in [-0.2, -0.15) is 0 Å².